The summed E-state index contributed by atoms with van der Waals surface area (Å²) in [5.74, 6) is 0.374. The van der Waals surface area contributed by atoms with E-state index in [4.69, 9.17) is 16.3 Å². The number of hydrogen-bond donors (Lipinski definition) is 0. The highest BCUT2D eigenvalue weighted by molar-refractivity contribution is 6.28. The van der Waals surface area contributed by atoms with E-state index >= 15 is 0 Å². The lowest BCUT2D eigenvalue weighted by atomic mass is 10.1. The molecule has 3 heterocycles. The Morgan fingerprint density at radius 2 is 1.39 bits per heavy atom. The molecule has 0 radical (unpaired) electrons. The predicted molar refractivity (Wildman–Crippen MR) is 141 cm³/mol. The largest absolute Gasteiger partial charge is 0.463 e. The average molecular weight is 495 g/mol. The molecule has 8 heteroatoms. The molecule has 5 aromatic rings. The lowest BCUT2D eigenvalue weighted by Crippen LogP contribution is -2.15. The van der Waals surface area contributed by atoms with Gasteiger partial charge in [0.15, 0.2) is 0 Å². The van der Waals surface area contributed by atoms with E-state index < -0.39 is 0 Å². The SMILES string of the molecule is Cc1ccnc(-c2cc(CCOc3nc(Cl)nc(N(c4ccccc4)c4ccccc4)n3)ccn2)c1. The van der Waals surface area contributed by atoms with Crippen molar-refractivity contribution in [1.29, 1.82) is 0 Å². The third-order valence-electron chi connectivity index (χ3n) is 5.43. The normalized spacial score (nSPS) is 10.7. The number of benzene rings is 2. The number of nitrogens with zero attached hydrogens (tertiary/aromatic N) is 6. The molecule has 0 saturated carbocycles. The summed E-state index contributed by atoms with van der Waals surface area (Å²) >= 11 is 6.28. The quantitative estimate of drug-likeness (QED) is 0.247. The third-order valence-corrected chi connectivity index (χ3v) is 5.60. The van der Waals surface area contributed by atoms with E-state index in [1.54, 1.807) is 12.4 Å². The van der Waals surface area contributed by atoms with Crippen molar-refractivity contribution in [2.45, 2.75) is 13.3 Å². The van der Waals surface area contributed by atoms with Crippen LogP contribution in [0.1, 0.15) is 11.1 Å². The maximum atomic E-state index is 6.28. The van der Waals surface area contributed by atoms with Gasteiger partial charge in [-0.2, -0.15) is 15.0 Å². The lowest BCUT2D eigenvalue weighted by molar-refractivity contribution is 0.295. The van der Waals surface area contributed by atoms with Gasteiger partial charge in [-0.15, -0.1) is 0 Å². The van der Waals surface area contributed by atoms with Crippen molar-refractivity contribution in [3.8, 4) is 17.4 Å². The number of anilines is 3. The Kier molecular flexibility index (Phi) is 7.10. The van der Waals surface area contributed by atoms with Crippen molar-refractivity contribution in [1.82, 2.24) is 24.9 Å². The molecule has 0 bridgehead atoms. The fourth-order valence-electron chi connectivity index (χ4n) is 3.73. The molecular formula is C28H23ClN6O. The smallest absolute Gasteiger partial charge is 0.322 e. The Labute approximate surface area is 214 Å². The zero-order chi connectivity index (χ0) is 24.7. The number of para-hydroxylation sites is 2. The molecule has 36 heavy (non-hydrogen) atoms. The van der Waals surface area contributed by atoms with Gasteiger partial charge in [0.2, 0.25) is 11.2 Å². The van der Waals surface area contributed by atoms with Gasteiger partial charge in [-0.3, -0.25) is 14.9 Å². The van der Waals surface area contributed by atoms with Crippen LogP contribution in [0.2, 0.25) is 5.28 Å². The molecule has 2 aromatic carbocycles. The molecule has 0 atom stereocenters. The van der Waals surface area contributed by atoms with E-state index in [0.717, 1.165) is 33.9 Å². The third kappa shape index (κ3) is 5.64. The van der Waals surface area contributed by atoms with E-state index in [1.165, 1.54) is 0 Å². The number of halogens is 1. The number of hydrogen-bond acceptors (Lipinski definition) is 7. The van der Waals surface area contributed by atoms with E-state index in [-0.39, 0.29) is 11.3 Å². The van der Waals surface area contributed by atoms with E-state index in [2.05, 4.69) is 24.9 Å². The van der Waals surface area contributed by atoms with Crippen molar-refractivity contribution >= 4 is 28.9 Å². The number of ether oxygens (including phenoxy) is 1. The second-order valence-electron chi connectivity index (χ2n) is 8.06. The number of rotatable bonds is 8. The van der Waals surface area contributed by atoms with Crippen LogP contribution in [0.5, 0.6) is 6.01 Å². The van der Waals surface area contributed by atoms with Crippen molar-refractivity contribution in [2.24, 2.45) is 0 Å². The molecule has 0 spiro atoms. The van der Waals surface area contributed by atoms with Crippen LogP contribution in [-0.2, 0) is 6.42 Å². The highest BCUT2D eigenvalue weighted by Gasteiger charge is 2.17. The van der Waals surface area contributed by atoms with Gasteiger partial charge in [-0.25, -0.2) is 0 Å². The maximum Gasteiger partial charge on any atom is 0.322 e. The molecule has 0 fully saturated rings. The standard InChI is InChI=1S/C28H23ClN6O/c1-20-12-15-30-24(18-20)25-19-21(13-16-31-25)14-17-36-28-33-26(29)32-27(34-28)35(22-8-4-2-5-9-22)23-10-6-3-7-11-23/h2-13,15-16,18-19H,14,17H2,1H3. The van der Waals surface area contributed by atoms with Crippen LogP contribution in [0.4, 0.5) is 17.3 Å². The summed E-state index contributed by atoms with van der Waals surface area (Å²) in [5.41, 5.74) is 5.66. The summed E-state index contributed by atoms with van der Waals surface area (Å²) in [6.45, 7) is 2.40. The first-order valence-electron chi connectivity index (χ1n) is 11.5. The van der Waals surface area contributed by atoms with E-state index in [9.17, 15) is 0 Å². The average Bonchev–Trinajstić information content (AvgIpc) is 2.90. The van der Waals surface area contributed by atoms with Crippen molar-refractivity contribution in [2.75, 3.05) is 11.5 Å². The minimum Gasteiger partial charge on any atom is -0.463 e. The van der Waals surface area contributed by atoms with Gasteiger partial charge in [0.1, 0.15) is 0 Å². The second-order valence-corrected chi connectivity index (χ2v) is 8.40. The zero-order valence-electron chi connectivity index (χ0n) is 19.6. The minimum absolute atomic E-state index is 0.0589. The summed E-state index contributed by atoms with van der Waals surface area (Å²) in [4.78, 5) is 23.9. The number of aryl methyl sites for hydroxylation is 1. The monoisotopic (exact) mass is 494 g/mol. The van der Waals surface area contributed by atoms with Crippen LogP contribution in [-0.4, -0.2) is 31.5 Å². The molecule has 5 rings (SSSR count). The van der Waals surface area contributed by atoms with Gasteiger partial charge in [0.05, 0.1) is 18.0 Å². The molecular weight excluding hydrogens is 472 g/mol. The minimum atomic E-state index is 0.0589. The zero-order valence-corrected chi connectivity index (χ0v) is 20.4. The predicted octanol–water partition coefficient (Wildman–Crippen LogP) is 6.38. The molecule has 0 unspecified atom stereocenters. The van der Waals surface area contributed by atoms with Gasteiger partial charge >= 0.3 is 6.01 Å². The second kappa shape index (κ2) is 10.9. The topological polar surface area (TPSA) is 76.9 Å². The fraction of sp³-hybridized carbons (Fsp3) is 0.107. The van der Waals surface area contributed by atoms with Crippen LogP contribution >= 0.6 is 11.6 Å². The highest BCUT2D eigenvalue weighted by Crippen LogP contribution is 2.32. The Morgan fingerprint density at radius 3 is 2.06 bits per heavy atom. The van der Waals surface area contributed by atoms with E-state index in [0.29, 0.717) is 19.0 Å². The molecule has 7 nitrogen and oxygen atoms in total. The van der Waals surface area contributed by atoms with Gasteiger partial charge in [0.25, 0.3) is 0 Å². The number of aromatic nitrogens is 5. The summed E-state index contributed by atoms with van der Waals surface area (Å²) in [6, 6.07) is 27.8. The first kappa shape index (κ1) is 23.4. The molecule has 0 aliphatic carbocycles. The van der Waals surface area contributed by atoms with Gasteiger partial charge < -0.3 is 4.74 Å². The van der Waals surface area contributed by atoms with Crippen LogP contribution in [0.15, 0.2) is 97.3 Å². The number of pyridine rings is 2. The maximum absolute atomic E-state index is 6.28. The Balaban J connectivity index is 1.35. The van der Waals surface area contributed by atoms with Gasteiger partial charge in [0, 0.05) is 30.2 Å². The highest BCUT2D eigenvalue weighted by atomic mass is 35.5. The Morgan fingerprint density at radius 1 is 0.750 bits per heavy atom. The van der Waals surface area contributed by atoms with Crippen LogP contribution < -0.4 is 9.64 Å². The molecule has 0 aliphatic rings. The van der Waals surface area contributed by atoms with Crippen LogP contribution in [0.3, 0.4) is 0 Å². The molecule has 178 valence electrons. The molecule has 0 N–H and O–H groups in total. The molecule has 0 amide bonds. The van der Waals surface area contributed by atoms with Crippen molar-refractivity contribution < 1.29 is 4.74 Å². The van der Waals surface area contributed by atoms with Crippen molar-refractivity contribution in [3.63, 3.8) is 0 Å². The summed E-state index contributed by atoms with van der Waals surface area (Å²) in [6.07, 6.45) is 4.21. The van der Waals surface area contributed by atoms with Gasteiger partial charge in [-0.05, 0) is 78.2 Å². The molecule has 0 aliphatic heterocycles. The first-order valence-corrected chi connectivity index (χ1v) is 11.9. The molecule has 0 saturated heterocycles. The molecule has 3 aromatic heterocycles. The Bertz CT molecular complexity index is 1410. The Hall–Kier alpha value is -4.36. The van der Waals surface area contributed by atoms with Gasteiger partial charge in [-0.1, -0.05) is 36.4 Å². The summed E-state index contributed by atoms with van der Waals surface area (Å²) in [7, 11) is 0. The summed E-state index contributed by atoms with van der Waals surface area (Å²) < 4.78 is 5.91. The van der Waals surface area contributed by atoms with E-state index in [1.807, 2.05) is 96.8 Å². The fourth-order valence-corrected chi connectivity index (χ4v) is 3.87. The van der Waals surface area contributed by atoms with Crippen LogP contribution in [0, 0.1) is 6.92 Å². The lowest BCUT2D eigenvalue weighted by Gasteiger charge is -2.23. The first-order chi connectivity index (χ1) is 17.7. The van der Waals surface area contributed by atoms with Crippen LogP contribution in [0.25, 0.3) is 11.4 Å². The summed E-state index contributed by atoms with van der Waals surface area (Å²) in [5, 5.41) is 0.0589. The van der Waals surface area contributed by atoms with Crippen molar-refractivity contribution in [3.05, 3.63) is 114 Å².